The second-order valence-electron chi connectivity index (χ2n) is 24.8. The first-order valence-corrected chi connectivity index (χ1v) is 32.1. The number of aromatic hydroxyl groups is 1. The number of hydrogen-bond donors (Lipinski definition) is 15. The number of carboxylic acid groups (broad SMARTS) is 1. The molecule has 3 aromatic heterocycles. The van der Waals surface area contributed by atoms with E-state index < -0.39 is 143 Å². The van der Waals surface area contributed by atoms with Crippen molar-refractivity contribution in [2.24, 2.45) is 5.73 Å². The molecule has 11 amide bonds. The van der Waals surface area contributed by atoms with Gasteiger partial charge in [-0.2, -0.15) is 0 Å². The van der Waals surface area contributed by atoms with Crippen molar-refractivity contribution in [1.29, 1.82) is 0 Å². The highest BCUT2D eigenvalue weighted by Gasteiger charge is 2.48. The number of fused-ring (bicyclic) bond motifs is 34. The van der Waals surface area contributed by atoms with Gasteiger partial charge in [-0.25, -0.2) is 13.8 Å². The molecule has 3 aliphatic heterocycles. The van der Waals surface area contributed by atoms with Crippen molar-refractivity contribution >= 4 is 92.8 Å². The number of hydrogen-bond acceptors (Lipinski definition) is 14. The van der Waals surface area contributed by atoms with E-state index in [-0.39, 0.29) is 95.2 Å². The predicted molar refractivity (Wildman–Crippen MR) is 351 cm³/mol. The SMILES string of the molecule is C[C@@H]1NC(=O)CCCC(=O)NCc2ccc(cc2)C[C@@H](C(N)=O)NC(=O)[C@]2(C)CCCN2C(=O)[C@H](Cc2ccc(O)cc2)NC(=O)[C@H](Cc2cnc[nH]2)NC(=O)[C@H](CC(=O)O)NC(=O)[C@H](CCc2c[nH]c3ccc(F)cc23)NC(=O)[C@H](Cc2c[nH]c3ccc(F)cc23)NC(=O)CNC1=O. The minimum absolute atomic E-state index is 0.00847. The quantitative estimate of drug-likeness (QED) is 0.0757. The molecule has 6 heterocycles. The number of aryl methyl sites for hydroxylation is 1. The van der Waals surface area contributed by atoms with Crippen LogP contribution in [0.5, 0.6) is 5.75 Å². The van der Waals surface area contributed by atoms with Crippen LogP contribution in [-0.2, 0) is 96.2 Å². The Morgan fingerprint density at radius 2 is 1.21 bits per heavy atom. The Hall–Kier alpha value is -11.5. The molecule has 522 valence electrons. The zero-order chi connectivity index (χ0) is 71.1. The number of amides is 11. The van der Waals surface area contributed by atoms with E-state index >= 15 is 4.79 Å². The third kappa shape index (κ3) is 19.2. The number of benzene rings is 4. The molecular weight excluding hydrogens is 1290 g/mol. The third-order valence-electron chi connectivity index (χ3n) is 17.5. The highest BCUT2D eigenvalue weighted by atomic mass is 19.1. The molecule has 2 bridgehead atoms. The Morgan fingerprint density at radius 1 is 0.616 bits per heavy atom. The molecule has 16 N–H and O–H groups in total. The van der Waals surface area contributed by atoms with E-state index in [1.807, 2.05) is 0 Å². The number of primary amides is 1. The molecule has 99 heavy (non-hydrogen) atoms. The second-order valence-corrected chi connectivity index (χ2v) is 24.8. The Balaban J connectivity index is 1.04. The second kappa shape index (κ2) is 32.5. The number of H-pyrrole nitrogens is 3. The zero-order valence-electron chi connectivity index (χ0n) is 54.1. The lowest BCUT2D eigenvalue weighted by molar-refractivity contribution is -0.147. The van der Waals surface area contributed by atoms with E-state index in [4.69, 9.17) is 5.73 Å². The standard InChI is InChI=1S/C68H77F2N15O14/c1-36-61(93)76-34-58(89)79-52(25-41-32-74-49-20-15-43(70)27-47(41)49)63(95)80-50(18-13-40-31-73-48-19-14-42(69)26-46(40)48)62(94)82-54(29-59(90)91)65(97)81-53(28-44-33-72-35-77-44)64(96)83-55(24-38-11-16-45(86)17-12-38)66(98)85-22-4-21-68(85,2)67(99)84-51(60(71)92)23-37-7-9-39(10-8-37)30-75-56(87)5-3-6-57(88)78-36/h7-12,14-17,19-20,26-27,31-33,35-36,50-55,73-74,86H,3-6,13,18,21-25,28-30,34H2,1-2H3,(H2,71,92)(H,72,77)(H,75,87)(H,76,93)(H,78,88)(H,79,89)(H,80,95)(H,81,97)(H,82,94)(H,83,96)(H,84,99)(H,90,91)/t36-,50-,51-,52-,53-,54-,55-,68-/m0/s1. The first-order chi connectivity index (χ1) is 47.3. The van der Waals surface area contributed by atoms with Crippen LogP contribution in [0.2, 0.25) is 0 Å². The van der Waals surface area contributed by atoms with E-state index in [2.05, 4.69) is 67.8 Å². The number of nitrogens with zero attached hydrogens (tertiary/aromatic N) is 2. The van der Waals surface area contributed by atoms with Gasteiger partial charge in [-0.15, -0.1) is 0 Å². The van der Waals surface area contributed by atoms with Crippen LogP contribution in [-0.4, -0.2) is 167 Å². The molecule has 0 saturated carbocycles. The van der Waals surface area contributed by atoms with E-state index in [0.29, 0.717) is 49.6 Å². The van der Waals surface area contributed by atoms with Gasteiger partial charge >= 0.3 is 5.97 Å². The van der Waals surface area contributed by atoms with Crippen LogP contribution in [0.25, 0.3) is 21.8 Å². The number of carbonyl (C=O) groups is 12. The fourth-order valence-corrected chi connectivity index (χ4v) is 12.0. The van der Waals surface area contributed by atoms with Crippen LogP contribution in [0, 0.1) is 11.6 Å². The van der Waals surface area contributed by atoms with E-state index in [1.165, 1.54) is 98.1 Å². The van der Waals surface area contributed by atoms with Crippen molar-refractivity contribution in [2.45, 2.75) is 145 Å². The number of rotatable bonds is 12. The smallest absolute Gasteiger partial charge is 0.305 e. The molecule has 31 heteroatoms. The number of aromatic amines is 3. The maximum Gasteiger partial charge on any atom is 0.305 e. The van der Waals surface area contributed by atoms with Gasteiger partial charge in [0.15, 0.2) is 0 Å². The molecule has 3 aliphatic rings. The van der Waals surface area contributed by atoms with Crippen molar-refractivity contribution < 1.29 is 76.5 Å². The summed E-state index contributed by atoms with van der Waals surface area (Å²) in [5.74, 6) is -12.7. The van der Waals surface area contributed by atoms with Crippen LogP contribution in [0.3, 0.4) is 0 Å². The van der Waals surface area contributed by atoms with Crippen molar-refractivity contribution in [3.63, 3.8) is 0 Å². The molecule has 0 aliphatic carbocycles. The average Bonchev–Trinajstić information content (AvgIpc) is 1.70. The Kier molecular flexibility index (Phi) is 23.5. The lowest BCUT2D eigenvalue weighted by atomic mass is 9.94. The van der Waals surface area contributed by atoms with E-state index in [0.717, 1.165) is 0 Å². The summed E-state index contributed by atoms with van der Waals surface area (Å²) in [4.78, 5) is 182. The largest absolute Gasteiger partial charge is 0.508 e. The maximum atomic E-state index is 15.2. The summed E-state index contributed by atoms with van der Waals surface area (Å²) in [6, 6.07) is 9.05. The Bertz CT molecular complexity index is 4160. The van der Waals surface area contributed by atoms with Crippen LogP contribution in [0.15, 0.2) is 110 Å². The first kappa shape index (κ1) is 71.8. The highest BCUT2D eigenvalue weighted by molar-refractivity contribution is 6.00. The van der Waals surface area contributed by atoms with Crippen LogP contribution in [0.4, 0.5) is 8.78 Å². The molecule has 8 atom stereocenters. The number of nitrogens with two attached hydrogens (primary N) is 1. The molecule has 0 spiro atoms. The number of carbonyl (C=O) groups excluding carboxylic acids is 11. The molecule has 1 fully saturated rings. The normalized spacial score (nSPS) is 22.9. The Morgan fingerprint density at radius 3 is 1.87 bits per heavy atom. The van der Waals surface area contributed by atoms with Crippen molar-refractivity contribution in [1.82, 2.24) is 72.7 Å². The van der Waals surface area contributed by atoms with Crippen LogP contribution < -0.4 is 53.6 Å². The lowest BCUT2D eigenvalue weighted by Gasteiger charge is -2.37. The highest BCUT2D eigenvalue weighted by Crippen LogP contribution is 2.31. The van der Waals surface area contributed by atoms with Gasteiger partial charge in [-0.1, -0.05) is 36.4 Å². The predicted octanol–water partition coefficient (Wildman–Crippen LogP) is 0.930. The number of aliphatic carboxylic acids is 1. The van der Waals surface area contributed by atoms with Gasteiger partial charge in [0.2, 0.25) is 65.0 Å². The summed E-state index contributed by atoms with van der Waals surface area (Å²) in [5.41, 5.74) is 7.83. The molecule has 1 saturated heterocycles. The fourth-order valence-electron chi connectivity index (χ4n) is 12.0. The summed E-state index contributed by atoms with van der Waals surface area (Å²) in [6.07, 6.45) is 3.17. The monoisotopic (exact) mass is 1370 g/mol. The summed E-state index contributed by atoms with van der Waals surface area (Å²) >= 11 is 0. The maximum absolute atomic E-state index is 15.2. The molecule has 4 aromatic carbocycles. The number of halogens is 2. The van der Waals surface area contributed by atoms with Gasteiger partial charge in [0.25, 0.3) is 0 Å². The number of phenols is 1. The number of phenolic OH excluding ortho intramolecular Hbond substituents is 1. The van der Waals surface area contributed by atoms with Crippen molar-refractivity contribution in [3.05, 3.63) is 155 Å². The minimum atomic E-state index is -2.03. The topological polar surface area (TPSA) is 443 Å². The molecule has 0 unspecified atom stereocenters. The molecular formula is C68H77F2N15O14. The van der Waals surface area contributed by atoms with Gasteiger partial charge in [0.05, 0.1) is 19.3 Å². The summed E-state index contributed by atoms with van der Waals surface area (Å²) in [7, 11) is 0. The minimum Gasteiger partial charge on any atom is -0.508 e. The average molecular weight is 1370 g/mol. The molecule has 7 aromatic rings. The number of aromatic nitrogens is 4. The molecule has 29 nitrogen and oxygen atoms in total. The van der Waals surface area contributed by atoms with E-state index in [1.54, 1.807) is 30.5 Å². The summed E-state index contributed by atoms with van der Waals surface area (Å²) < 4.78 is 29.5. The van der Waals surface area contributed by atoms with E-state index in [9.17, 15) is 71.7 Å². The van der Waals surface area contributed by atoms with Gasteiger partial charge in [0, 0.05) is 97.7 Å². The van der Waals surface area contributed by atoms with Crippen LogP contribution >= 0.6 is 0 Å². The van der Waals surface area contributed by atoms with Crippen LogP contribution in [0.1, 0.15) is 92.3 Å². The lowest BCUT2D eigenvalue weighted by Crippen LogP contribution is -2.63. The van der Waals surface area contributed by atoms with Gasteiger partial charge in [-0.05, 0) is 122 Å². The Labute approximate surface area is 564 Å². The third-order valence-corrected chi connectivity index (χ3v) is 17.5. The number of nitrogens with one attached hydrogen (secondary N) is 12. The van der Waals surface area contributed by atoms with Gasteiger partial charge < -0.3 is 83.6 Å². The van der Waals surface area contributed by atoms with Crippen molar-refractivity contribution in [2.75, 3.05) is 13.1 Å². The molecule has 0 radical (unpaired) electrons. The fraction of sp³-hybridized carbons (Fsp3) is 0.368. The van der Waals surface area contributed by atoms with Gasteiger partial charge in [0.1, 0.15) is 65.2 Å². The van der Waals surface area contributed by atoms with Crippen molar-refractivity contribution in [3.8, 4) is 5.75 Å². The number of imidazole rings is 1. The first-order valence-electron chi connectivity index (χ1n) is 32.1. The zero-order valence-corrected chi connectivity index (χ0v) is 54.1. The van der Waals surface area contributed by atoms with Gasteiger partial charge in [-0.3, -0.25) is 57.5 Å². The summed E-state index contributed by atoms with van der Waals surface area (Å²) in [5, 5.41) is 44.4. The number of carboxylic acids is 1. The summed E-state index contributed by atoms with van der Waals surface area (Å²) in [6.45, 7) is 2.15. The molecule has 10 rings (SSSR count).